The third-order valence-corrected chi connectivity index (χ3v) is 2.77. The fourth-order valence-corrected chi connectivity index (χ4v) is 1.80. The second-order valence-corrected chi connectivity index (χ2v) is 4.06. The first-order chi connectivity index (χ1) is 9.15. The number of hydrogen-bond donors (Lipinski definition) is 0. The Morgan fingerprint density at radius 1 is 1.11 bits per heavy atom. The lowest BCUT2D eigenvalue weighted by molar-refractivity contribution is 0.103. The first-order valence-electron chi connectivity index (χ1n) is 5.86. The van der Waals surface area contributed by atoms with E-state index in [2.05, 4.69) is 4.98 Å². The van der Waals surface area contributed by atoms with Gasteiger partial charge in [0.15, 0.2) is 0 Å². The Balaban J connectivity index is 2.48. The van der Waals surface area contributed by atoms with Crippen molar-refractivity contribution in [2.75, 3.05) is 14.2 Å². The molecule has 0 saturated heterocycles. The Kier molecular flexibility index (Phi) is 3.80. The highest BCUT2D eigenvalue weighted by Crippen LogP contribution is 2.25. The second kappa shape index (κ2) is 5.52. The average molecular weight is 257 g/mol. The molecule has 4 heteroatoms. The van der Waals surface area contributed by atoms with Crippen LogP contribution in [0.1, 0.15) is 21.7 Å². The molecule has 1 heterocycles. The maximum atomic E-state index is 12.4. The Hall–Kier alpha value is -2.36. The summed E-state index contributed by atoms with van der Waals surface area (Å²) in [5.41, 5.74) is 1.64. The van der Waals surface area contributed by atoms with Crippen LogP contribution in [0.3, 0.4) is 0 Å². The van der Waals surface area contributed by atoms with Crippen LogP contribution >= 0.6 is 0 Å². The van der Waals surface area contributed by atoms with Crippen LogP contribution in [0.25, 0.3) is 0 Å². The number of rotatable bonds is 4. The summed E-state index contributed by atoms with van der Waals surface area (Å²) in [7, 11) is 3.09. The van der Waals surface area contributed by atoms with Crippen molar-refractivity contribution >= 4 is 5.78 Å². The SMILES string of the molecule is COc1ccc(OC)c(C(=O)c2cccc(C)n2)c1. The predicted molar refractivity (Wildman–Crippen MR) is 72.0 cm³/mol. The summed E-state index contributed by atoms with van der Waals surface area (Å²) < 4.78 is 10.3. The molecule has 0 N–H and O–H groups in total. The molecule has 0 aliphatic carbocycles. The third-order valence-electron chi connectivity index (χ3n) is 2.77. The summed E-state index contributed by atoms with van der Waals surface area (Å²) in [6.07, 6.45) is 0. The zero-order chi connectivity index (χ0) is 13.8. The molecular weight excluding hydrogens is 242 g/mol. The van der Waals surface area contributed by atoms with Crippen LogP contribution in [0.15, 0.2) is 36.4 Å². The Labute approximate surface area is 112 Å². The highest BCUT2D eigenvalue weighted by molar-refractivity contribution is 6.09. The molecule has 2 rings (SSSR count). The van der Waals surface area contributed by atoms with Crippen molar-refractivity contribution in [3.63, 3.8) is 0 Å². The number of carbonyl (C=O) groups is 1. The van der Waals surface area contributed by atoms with E-state index in [1.54, 1.807) is 31.4 Å². The minimum atomic E-state index is -0.181. The number of benzene rings is 1. The molecule has 0 amide bonds. The normalized spacial score (nSPS) is 10.1. The van der Waals surface area contributed by atoms with E-state index in [1.165, 1.54) is 7.11 Å². The van der Waals surface area contributed by atoms with Gasteiger partial charge < -0.3 is 9.47 Å². The van der Waals surface area contributed by atoms with Crippen molar-refractivity contribution in [3.05, 3.63) is 53.3 Å². The molecule has 0 bridgehead atoms. The second-order valence-electron chi connectivity index (χ2n) is 4.06. The summed E-state index contributed by atoms with van der Waals surface area (Å²) in [6.45, 7) is 1.85. The summed E-state index contributed by atoms with van der Waals surface area (Å²) in [4.78, 5) is 16.7. The van der Waals surface area contributed by atoms with Crippen LogP contribution in [0.5, 0.6) is 11.5 Å². The van der Waals surface area contributed by atoms with Gasteiger partial charge in [0.2, 0.25) is 5.78 Å². The predicted octanol–water partition coefficient (Wildman–Crippen LogP) is 2.64. The molecule has 1 aromatic carbocycles. The standard InChI is InChI=1S/C15H15NO3/c1-10-5-4-6-13(16-10)15(17)12-9-11(18-2)7-8-14(12)19-3/h4-9H,1-3H3. The van der Waals surface area contributed by atoms with Gasteiger partial charge in [-0.25, -0.2) is 4.98 Å². The van der Waals surface area contributed by atoms with Gasteiger partial charge in [0.25, 0.3) is 0 Å². The maximum absolute atomic E-state index is 12.4. The molecule has 0 spiro atoms. The molecule has 1 aromatic heterocycles. The van der Waals surface area contributed by atoms with E-state index in [0.29, 0.717) is 22.8 Å². The van der Waals surface area contributed by atoms with Gasteiger partial charge >= 0.3 is 0 Å². The van der Waals surface area contributed by atoms with Crippen molar-refractivity contribution in [1.29, 1.82) is 0 Å². The van der Waals surface area contributed by atoms with Gasteiger partial charge in [-0.05, 0) is 37.3 Å². The largest absolute Gasteiger partial charge is 0.497 e. The lowest BCUT2D eigenvalue weighted by Crippen LogP contribution is -2.07. The van der Waals surface area contributed by atoms with Gasteiger partial charge in [0.1, 0.15) is 17.2 Å². The smallest absolute Gasteiger partial charge is 0.215 e. The monoisotopic (exact) mass is 257 g/mol. The molecule has 4 nitrogen and oxygen atoms in total. The van der Waals surface area contributed by atoms with E-state index in [0.717, 1.165) is 5.69 Å². The first-order valence-corrected chi connectivity index (χ1v) is 5.86. The maximum Gasteiger partial charge on any atom is 0.215 e. The molecule has 2 aromatic rings. The van der Waals surface area contributed by atoms with Crippen molar-refractivity contribution in [2.45, 2.75) is 6.92 Å². The number of pyridine rings is 1. The van der Waals surface area contributed by atoms with Crippen LogP contribution in [0.4, 0.5) is 0 Å². The number of carbonyl (C=O) groups excluding carboxylic acids is 1. The highest BCUT2D eigenvalue weighted by atomic mass is 16.5. The molecule has 0 saturated carbocycles. The fraction of sp³-hybridized carbons (Fsp3) is 0.200. The topological polar surface area (TPSA) is 48.4 Å². The van der Waals surface area contributed by atoms with Crippen LogP contribution in [-0.2, 0) is 0 Å². The molecule has 0 aliphatic rings. The Morgan fingerprint density at radius 3 is 2.53 bits per heavy atom. The number of ether oxygens (including phenoxy) is 2. The lowest BCUT2D eigenvalue weighted by atomic mass is 10.1. The zero-order valence-electron chi connectivity index (χ0n) is 11.1. The van der Waals surface area contributed by atoms with E-state index in [9.17, 15) is 4.79 Å². The van der Waals surface area contributed by atoms with Crippen LogP contribution in [0, 0.1) is 6.92 Å². The number of aryl methyl sites for hydroxylation is 1. The summed E-state index contributed by atoms with van der Waals surface area (Å²) >= 11 is 0. The van der Waals surface area contributed by atoms with E-state index in [1.807, 2.05) is 19.1 Å². The van der Waals surface area contributed by atoms with Gasteiger partial charge in [-0.2, -0.15) is 0 Å². The summed E-state index contributed by atoms with van der Waals surface area (Å²) in [5.74, 6) is 0.936. The van der Waals surface area contributed by atoms with Gasteiger partial charge in [-0.1, -0.05) is 6.07 Å². The first kappa shape index (κ1) is 13.1. The van der Waals surface area contributed by atoms with Gasteiger partial charge in [0.05, 0.1) is 19.8 Å². The van der Waals surface area contributed by atoms with E-state index >= 15 is 0 Å². The van der Waals surface area contributed by atoms with E-state index < -0.39 is 0 Å². The highest BCUT2D eigenvalue weighted by Gasteiger charge is 2.16. The zero-order valence-corrected chi connectivity index (χ0v) is 11.1. The van der Waals surface area contributed by atoms with Gasteiger partial charge in [-0.3, -0.25) is 4.79 Å². The third kappa shape index (κ3) is 2.73. The molecule has 19 heavy (non-hydrogen) atoms. The lowest BCUT2D eigenvalue weighted by Gasteiger charge is -2.09. The number of ketones is 1. The van der Waals surface area contributed by atoms with Crippen LogP contribution < -0.4 is 9.47 Å². The minimum absolute atomic E-state index is 0.181. The van der Waals surface area contributed by atoms with Gasteiger partial charge in [0, 0.05) is 5.69 Å². The molecule has 0 atom stereocenters. The summed E-state index contributed by atoms with van der Waals surface area (Å²) in [5, 5.41) is 0. The number of aromatic nitrogens is 1. The number of hydrogen-bond acceptors (Lipinski definition) is 4. The minimum Gasteiger partial charge on any atom is -0.497 e. The number of nitrogens with zero attached hydrogens (tertiary/aromatic N) is 1. The van der Waals surface area contributed by atoms with Crippen molar-refractivity contribution in [2.24, 2.45) is 0 Å². The number of methoxy groups -OCH3 is 2. The van der Waals surface area contributed by atoms with E-state index in [4.69, 9.17) is 9.47 Å². The van der Waals surface area contributed by atoms with Crippen molar-refractivity contribution in [1.82, 2.24) is 4.98 Å². The quantitative estimate of drug-likeness (QED) is 0.790. The summed E-state index contributed by atoms with van der Waals surface area (Å²) in [6, 6.07) is 10.5. The van der Waals surface area contributed by atoms with Crippen LogP contribution in [0.2, 0.25) is 0 Å². The fourth-order valence-electron chi connectivity index (χ4n) is 1.80. The Bertz CT molecular complexity index is 608. The molecular formula is C15H15NO3. The molecule has 0 aliphatic heterocycles. The van der Waals surface area contributed by atoms with Gasteiger partial charge in [-0.15, -0.1) is 0 Å². The average Bonchev–Trinajstić information content (AvgIpc) is 2.45. The van der Waals surface area contributed by atoms with Crippen LogP contribution in [-0.4, -0.2) is 25.0 Å². The van der Waals surface area contributed by atoms with Crippen molar-refractivity contribution in [3.8, 4) is 11.5 Å². The molecule has 0 radical (unpaired) electrons. The molecule has 98 valence electrons. The Morgan fingerprint density at radius 2 is 1.89 bits per heavy atom. The molecule has 0 unspecified atom stereocenters. The molecule has 0 fully saturated rings. The van der Waals surface area contributed by atoms with Crippen molar-refractivity contribution < 1.29 is 14.3 Å². The van der Waals surface area contributed by atoms with E-state index in [-0.39, 0.29) is 5.78 Å².